The van der Waals surface area contributed by atoms with Crippen molar-refractivity contribution < 1.29 is 29.4 Å². The monoisotopic (exact) mass is 516 g/mol. The summed E-state index contributed by atoms with van der Waals surface area (Å²) in [5.74, 6) is -3.57. The van der Waals surface area contributed by atoms with E-state index in [1.165, 1.54) is 19.4 Å². The summed E-state index contributed by atoms with van der Waals surface area (Å²) < 4.78 is 0. The number of carboxylic acids is 1. The highest BCUT2D eigenvalue weighted by molar-refractivity contribution is 5.94. The second kappa shape index (κ2) is 14.1. The van der Waals surface area contributed by atoms with Gasteiger partial charge in [-0.05, 0) is 18.4 Å². The van der Waals surface area contributed by atoms with Gasteiger partial charge in [0.25, 0.3) is 0 Å². The van der Waals surface area contributed by atoms with Crippen molar-refractivity contribution in [3.63, 3.8) is 0 Å². The van der Waals surface area contributed by atoms with Crippen molar-refractivity contribution in [2.75, 3.05) is 0 Å². The average Bonchev–Trinajstić information content (AvgIpc) is 3.38. The molecule has 1 aromatic carbocycles. The Balaban J connectivity index is 2.22. The Hall–Kier alpha value is -3.77. The first-order valence-electron chi connectivity index (χ1n) is 12.1. The van der Waals surface area contributed by atoms with Crippen LogP contribution in [0.25, 0.3) is 0 Å². The third-order valence-corrected chi connectivity index (χ3v) is 6.13. The Morgan fingerprint density at radius 3 is 2.16 bits per heavy atom. The minimum Gasteiger partial charge on any atom is -0.480 e. The predicted molar refractivity (Wildman–Crippen MR) is 135 cm³/mol. The largest absolute Gasteiger partial charge is 0.480 e. The topological polar surface area (TPSA) is 200 Å². The maximum absolute atomic E-state index is 13.2. The van der Waals surface area contributed by atoms with Crippen molar-refractivity contribution in [1.82, 2.24) is 25.9 Å². The van der Waals surface area contributed by atoms with E-state index in [9.17, 15) is 29.4 Å². The van der Waals surface area contributed by atoms with Gasteiger partial charge in [0.05, 0.1) is 18.5 Å². The van der Waals surface area contributed by atoms with Crippen molar-refractivity contribution in [2.45, 2.75) is 70.3 Å². The summed E-state index contributed by atoms with van der Waals surface area (Å²) in [5.41, 5.74) is 7.17. The molecule has 2 rings (SSSR count). The number of amides is 3. The second-order valence-electron chi connectivity index (χ2n) is 9.07. The molecule has 0 saturated heterocycles. The van der Waals surface area contributed by atoms with Gasteiger partial charge in [-0.1, -0.05) is 50.6 Å². The summed E-state index contributed by atoms with van der Waals surface area (Å²) in [5, 5.41) is 27.3. The van der Waals surface area contributed by atoms with Gasteiger partial charge in [0.2, 0.25) is 17.7 Å². The molecular weight excluding hydrogens is 480 g/mol. The van der Waals surface area contributed by atoms with Crippen LogP contribution in [0, 0.1) is 5.92 Å². The van der Waals surface area contributed by atoms with Crippen LogP contribution in [0.1, 0.15) is 38.4 Å². The smallest absolute Gasteiger partial charge is 0.326 e. The number of nitrogens with one attached hydrogen (secondary N) is 4. The molecule has 0 fully saturated rings. The van der Waals surface area contributed by atoms with Gasteiger partial charge in [0.1, 0.15) is 18.1 Å². The number of nitrogens with two attached hydrogens (primary N) is 1. The molecule has 3 amide bonds. The maximum atomic E-state index is 13.2. The van der Waals surface area contributed by atoms with Crippen LogP contribution in [0.5, 0.6) is 0 Å². The number of hydrogen-bond donors (Lipinski definition) is 7. The molecule has 2 aromatic rings. The molecule has 0 aliphatic carbocycles. The third-order valence-electron chi connectivity index (χ3n) is 6.13. The van der Waals surface area contributed by atoms with Crippen molar-refractivity contribution in [3.05, 3.63) is 54.1 Å². The fraction of sp³-hybridized carbons (Fsp3) is 0.480. The number of rotatable bonds is 14. The van der Waals surface area contributed by atoms with Gasteiger partial charge in [-0.25, -0.2) is 9.78 Å². The van der Waals surface area contributed by atoms with Gasteiger partial charge in [0, 0.05) is 24.7 Å². The van der Waals surface area contributed by atoms with Crippen LogP contribution in [-0.4, -0.2) is 74.1 Å². The highest BCUT2D eigenvalue weighted by Crippen LogP contribution is 2.09. The van der Waals surface area contributed by atoms with Crippen LogP contribution < -0.4 is 21.7 Å². The molecule has 1 heterocycles. The number of aliphatic hydroxyl groups is 1. The number of carbonyl (C=O) groups is 4. The highest BCUT2D eigenvalue weighted by Gasteiger charge is 2.33. The average molecular weight is 517 g/mol. The van der Waals surface area contributed by atoms with E-state index in [-0.39, 0.29) is 18.8 Å². The Labute approximate surface area is 215 Å². The molecule has 6 atom stereocenters. The first-order chi connectivity index (χ1) is 17.5. The van der Waals surface area contributed by atoms with Gasteiger partial charge >= 0.3 is 5.97 Å². The summed E-state index contributed by atoms with van der Waals surface area (Å²) in [4.78, 5) is 57.3. The van der Waals surface area contributed by atoms with Gasteiger partial charge in [-0.15, -0.1) is 0 Å². The number of aromatic nitrogens is 2. The number of nitrogens with zero attached hydrogens (tertiary/aromatic N) is 1. The first-order valence-corrected chi connectivity index (χ1v) is 12.1. The minimum absolute atomic E-state index is 0.0433. The molecule has 1 aromatic heterocycles. The molecule has 8 N–H and O–H groups in total. The number of hydrogen-bond acceptors (Lipinski definition) is 7. The SMILES string of the molecule is CCC(C)C(N)C(=O)NC(C(=O)NC(Cc1ccccc1)C(=O)NC(Cc1cnc[nH]1)C(=O)O)C(C)O. The molecule has 12 nitrogen and oxygen atoms in total. The van der Waals surface area contributed by atoms with Crippen LogP contribution in [0.2, 0.25) is 0 Å². The highest BCUT2D eigenvalue weighted by atomic mass is 16.4. The fourth-order valence-corrected chi connectivity index (χ4v) is 3.58. The summed E-state index contributed by atoms with van der Waals surface area (Å²) in [7, 11) is 0. The Morgan fingerprint density at radius 1 is 0.973 bits per heavy atom. The van der Waals surface area contributed by atoms with Gasteiger partial charge < -0.3 is 36.9 Å². The number of aromatic amines is 1. The van der Waals surface area contributed by atoms with Crippen molar-refractivity contribution in [2.24, 2.45) is 11.7 Å². The number of H-pyrrole nitrogens is 1. The van der Waals surface area contributed by atoms with Crippen molar-refractivity contribution in [3.8, 4) is 0 Å². The third kappa shape index (κ3) is 8.99. The zero-order chi connectivity index (χ0) is 27.5. The van der Waals surface area contributed by atoms with E-state index in [4.69, 9.17) is 5.73 Å². The lowest BCUT2D eigenvalue weighted by Crippen LogP contribution is -2.60. The van der Waals surface area contributed by atoms with Gasteiger partial charge in [0.15, 0.2) is 0 Å². The molecule has 0 aliphatic heterocycles. The molecule has 6 unspecified atom stereocenters. The standard InChI is InChI=1S/C25H36N6O6/c1-4-14(2)20(26)23(34)31-21(15(3)32)24(35)29-18(10-16-8-6-5-7-9-16)22(33)30-19(25(36)37)11-17-12-27-13-28-17/h5-9,12-15,18-21,32H,4,10-11,26H2,1-3H3,(H,27,28)(H,29,35)(H,30,33)(H,31,34)(H,36,37). The van der Waals surface area contributed by atoms with Crippen LogP contribution in [0.3, 0.4) is 0 Å². The summed E-state index contributed by atoms with van der Waals surface area (Å²) in [6.45, 7) is 5.00. The first kappa shape index (κ1) is 29.5. The number of benzene rings is 1. The van der Waals surface area contributed by atoms with E-state index in [1.807, 2.05) is 6.92 Å². The van der Waals surface area contributed by atoms with E-state index >= 15 is 0 Å². The van der Waals surface area contributed by atoms with E-state index in [2.05, 4.69) is 25.9 Å². The molecule has 0 aliphatic rings. The molecule has 0 bridgehead atoms. The Morgan fingerprint density at radius 2 is 1.62 bits per heavy atom. The maximum Gasteiger partial charge on any atom is 0.326 e. The van der Waals surface area contributed by atoms with Gasteiger partial charge in [-0.3, -0.25) is 14.4 Å². The zero-order valence-electron chi connectivity index (χ0n) is 21.2. The van der Waals surface area contributed by atoms with Crippen LogP contribution in [-0.2, 0) is 32.0 Å². The van der Waals surface area contributed by atoms with Crippen LogP contribution >= 0.6 is 0 Å². The number of carboxylic acid groups (broad SMARTS) is 1. The van der Waals surface area contributed by atoms with Crippen LogP contribution in [0.15, 0.2) is 42.9 Å². The molecule has 37 heavy (non-hydrogen) atoms. The molecule has 0 radical (unpaired) electrons. The van der Waals surface area contributed by atoms with Crippen molar-refractivity contribution in [1.29, 1.82) is 0 Å². The minimum atomic E-state index is -1.38. The Bertz CT molecular complexity index is 1030. The van der Waals surface area contributed by atoms with E-state index in [1.54, 1.807) is 37.3 Å². The molecule has 12 heteroatoms. The molecule has 202 valence electrons. The number of aliphatic carboxylic acids is 1. The molecular formula is C25H36N6O6. The summed E-state index contributed by atoms with van der Waals surface area (Å²) in [6, 6.07) is 4.08. The lowest BCUT2D eigenvalue weighted by Gasteiger charge is -2.27. The lowest BCUT2D eigenvalue weighted by molar-refractivity contribution is -0.142. The Kier molecular flexibility index (Phi) is 11.2. The summed E-state index contributed by atoms with van der Waals surface area (Å²) in [6.07, 6.45) is 2.19. The number of aliphatic hydroxyl groups excluding tert-OH is 1. The predicted octanol–water partition coefficient (Wildman–Crippen LogP) is -0.512. The summed E-state index contributed by atoms with van der Waals surface area (Å²) >= 11 is 0. The normalized spacial score (nSPS) is 15.9. The van der Waals surface area contributed by atoms with E-state index in [0.717, 1.165) is 0 Å². The molecule has 0 spiro atoms. The van der Waals surface area contributed by atoms with E-state index < -0.39 is 54.0 Å². The lowest BCUT2D eigenvalue weighted by atomic mass is 9.98. The number of imidazole rings is 1. The quantitative estimate of drug-likeness (QED) is 0.174. The van der Waals surface area contributed by atoms with E-state index in [0.29, 0.717) is 17.7 Å². The zero-order valence-corrected chi connectivity index (χ0v) is 21.2. The molecule has 0 saturated carbocycles. The second-order valence-corrected chi connectivity index (χ2v) is 9.07. The van der Waals surface area contributed by atoms with Crippen LogP contribution in [0.4, 0.5) is 0 Å². The fourth-order valence-electron chi connectivity index (χ4n) is 3.58. The van der Waals surface area contributed by atoms with Gasteiger partial charge in [-0.2, -0.15) is 0 Å². The van der Waals surface area contributed by atoms with Crippen molar-refractivity contribution >= 4 is 23.7 Å². The number of carbonyl (C=O) groups excluding carboxylic acids is 3.